The summed E-state index contributed by atoms with van der Waals surface area (Å²) in [6, 6.07) is 17.1. The van der Waals surface area contributed by atoms with E-state index in [9.17, 15) is 15.4 Å². The molecule has 104 valence electrons. The molecule has 4 nitrogen and oxygen atoms in total. The van der Waals surface area contributed by atoms with Gasteiger partial charge in [0.25, 0.3) is 5.69 Å². The first kappa shape index (κ1) is 13.3. The molecule has 21 heavy (non-hydrogen) atoms. The standard InChI is InChI=1S/C17H14N2O2/c18-12-17(9-13-5-1-2-6-14(13)10-17)11-15-7-3-4-8-16(15)19(20)21/h1-8H,9-11H2. The van der Waals surface area contributed by atoms with Crippen LogP contribution in [0.15, 0.2) is 48.5 Å². The molecule has 3 rings (SSSR count). The number of nitro benzene ring substituents is 1. The van der Waals surface area contributed by atoms with E-state index >= 15 is 0 Å². The zero-order chi connectivity index (χ0) is 14.9. The SMILES string of the molecule is N#CC1(Cc2ccccc2[N+](=O)[O-])Cc2ccccc2C1. The van der Waals surface area contributed by atoms with Crippen LogP contribution in [-0.2, 0) is 19.3 Å². The van der Waals surface area contributed by atoms with Gasteiger partial charge >= 0.3 is 0 Å². The fourth-order valence-electron chi connectivity index (χ4n) is 3.14. The summed E-state index contributed by atoms with van der Waals surface area (Å²) < 4.78 is 0. The number of nitriles is 1. The number of nitro groups is 1. The molecule has 4 heteroatoms. The van der Waals surface area contributed by atoms with Gasteiger partial charge in [-0.15, -0.1) is 0 Å². The van der Waals surface area contributed by atoms with Gasteiger partial charge in [-0.25, -0.2) is 0 Å². The number of hydrogen-bond acceptors (Lipinski definition) is 3. The molecule has 1 aliphatic rings. The summed E-state index contributed by atoms with van der Waals surface area (Å²) in [6.45, 7) is 0. The summed E-state index contributed by atoms with van der Waals surface area (Å²) in [5.41, 5.74) is 2.52. The first-order valence-electron chi connectivity index (χ1n) is 6.84. The molecule has 0 saturated carbocycles. The molecule has 0 fully saturated rings. The number of fused-ring (bicyclic) bond motifs is 1. The molecule has 0 aromatic heterocycles. The van der Waals surface area contributed by atoms with Crippen LogP contribution in [0.2, 0.25) is 0 Å². The van der Waals surface area contributed by atoms with Crippen molar-refractivity contribution >= 4 is 5.69 Å². The van der Waals surface area contributed by atoms with Crippen molar-refractivity contribution < 1.29 is 4.92 Å². The molecule has 0 saturated heterocycles. The maximum absolute atomic E-state index is 11.1. The second-order valence-corrected chi connectivity index (χ2v) is 5.58. The molecule has 0 radical (unpaired) electrons. The van der Waals surface area contributed by atoms with Crippen LogP contribution in [0.3, 0.4) is 0 Å². The number of para-hydroxylation sites is 1. The molecule has 1 aliphatic carbocycles. The Bertz CT molecular complexity index is 721. The quantitative estimate of drug-likeness (QED) is 0.638. The summed E-state index contributed by atoms with van der Waals surface area (Å²) in [6.07, 6.45) is 1.73. The molecule has 0 unspecified atom stereocenters. The van der Waals surface area contributed by atoms with Gasteiger partial charge in [0.15, 0.2) is 0 Å². The third kappa shape index (κ3) is 2.38. The van der Waals surface area contributed by atoms with E-state index in [1.165, 1.54) is 17.2 Å². The highest BCUT2D eigenvalue weighted by atomic mass is 16.6. The number of benzene rings is 2. The lowest BCUT2D eigenvalue weighted by Crippen LogP contribution is -2.22. The number of hydrogen-bond donors (Lipinski definition) is 0. The van der Waals surface area contributed by atoms with Gasteiger partial charge in [0.1, 0.15) is 0 Å². The van der Waals surface area contributed by atoms with Crippen molar-refractivity contribution in [3.8, 4) is 6.07 Å². The Morgan fingerprint density at radius 2 is 1.67 bits per heavy atom. The Morgan fingerprint density at radius 3 is 2.24 bits per heavy atom. The highest BCUT2D eigenvalue weighted by molar-refractivity contribution is 5.44. The van der Waals surface area contributed by atoms with Crippen LogP contribution in [0.4, 0.5) is 5.69 Å². The monoisotopic (exact) mass is 278 g/mol. The van der Waals surface area contributed by atoms with Gasteiger partial charge in [-0.3, -0.25) is 10.1 Å². The van der Waals surface area contributed by atoms with E-state index in [1.54, 1.807) is 18.2 Å². The lowest BCUT2D eigenvalue weighted by Gasteiger charge is -2.20. The molecule has 0 atom stereocenters. The normalized spacial score (nSPS) is 15.2. The lowest BCUT2D eigenvalue weighted by molar-refractivity contribution is -0.385. The molecule has 2 aromatic carbocycles. The largest absolute Gasteiger partial charge is 0.272 e. The van der Waals surface area contributed by atoms with Gasteiger partial charge in [0, 0.05) is 11.6 Å². The van der Waals surface area contributed by atoms with E-state index in [0.29, 0.717) is 24.8 Å². The summed E-state index contributed by atoms with van der Waals surface area (Å²) >= 11 is 0. The molecule has 0 aliphatic heterocycles. The van der Waals surface area contributed by atoms with E-state index < -0.39 is 5.41 Å². The summed E-state index contributed by atoms with van der Waals surface area (Å²) in [7, 11) is 0. The predicted octanol–water partition coefficient (Wildman–Crippen LogP) is 3.45. The topological polar surface area (TPSA) is 66.9 Å². The molecule has 0 bridgehead atoms. The minimum Gasteiger partial charge on any atom is -0.258 e. The Labute approximate surface area is 122 Å². The van der Waals surface area contributed by atoms with Gasteiger partial charge in [-0.1, -0.05) is 42.5 Å². The van der Waals surface area contributed by atoms with Gasteiger partial charge in [0.2, 0.25) is 0 Å². The average molecular weight is 278 g/mol. The van der Waals surface area contributed by atoms with Crippen LogP contribution < -0.4 is 0 Å². The summed E-state index contributed by atoms with van der Waals surface area (Å²) in [5.74, 6) is 0. The van der Waals surface area contributed by atoms with Crippen LogP contribution >= 0.6 is 0 Å². The average Bonchev–Trinajstić information content (AvgIpc) is 2.86. The Balaban J connectivity index is 1.95. The van der Waals surface area contributed by atoms with E-state index in [1.807, 2.05) is 24.3 Å². The molecule has 0 spiro atoms. The molecular formula is C17H14N2O2. The highest BCUT2D eigenvalue weighted by Gasteiger charge is 2.38. The Morgan fingerprint density at radius 1 is 1.10 bits per heavy atom. The van der Waals surface area contributed by atoms with Crippen molar-refractivity contribution in [1.82, 2.24) is 0 Å². The second kappa shape index (κ2) is 5.02. The van der Waals surface area contributed by atoms with Gasteiger partial charge in [-0.2, -0.15) is 5.26 Å². The van der Waals surface area contributed by atoms with E-state index in [4.69, 9.17) is 0 Å². The van der Waals surface area contributed by atoms with Gasteiger partial charge < -0.3 is 0 Å². The van der Waals surface area contributed by atoms with Crippen molar-refractivity contribution in [2.45, 2.75) is 19.3 Å². The first-order chi connectivity index (χ1) is 10.1. The minimum atomic E-state index is -0.574. The van der Waals surface area contributed by atoms with E-state index in [2.05, 4.69) is 6.07 Å². The van der Waals surface area contributed by atoms with Crippen LogP contribution in [0.25, 0.3) is 0 Å². The third-order valence-corrected chi connectivity index (χ3v) is 4.13. The Hall–Kier alpha value is -2.67. The summed E-state index contributed by atoms with van der Waals surface area (Å²) in [5, 5.41) is 20.8. The van der Waals surface area contributed by atoms with Gasteiger partial charge in [0.05, 0.1) is 16.4 Å². The fraction of sp³-hybridized carbons (Fsp3) is 0.235. The van der Waals surface area contributed by atoms with Crippen molar-refractivity contribution in [3.63, 3.8) is 0 Å². The van der Waals surface area contributed by atoms with E-state index in [-0.39, 0.29) is 10.6 Å². The highest BCUT2D eigenvalue weighted by Crippen LogP contribution is 2.40. The molecule has 0 amide bonds. The van der Waals surface area contributed by atoms with Crippen molar-refractivity contribution in [2.24, 2.45) is 5.41 Å². The van der Waals surface area contributed by atoms with Crippen molar-refractivity contribution in [2.75, 3.05) is 0 Å². The van der Waals surface area contributed by atoms with Crippen LogP contribution in [0.1, 0.15) is 16.7 Å². The lowest BCUT2D eigenvalue weighted by atomic mass is 9.80. The van der Waals surface area contributed by atoms with Crippen LogP contribution in [-0.4, -0.2) is 4.92 Å². The molecule has 0 N–H and O–H groups in total. The first-order valence-corrected chi connectivity index (χ1v) is 6.84. The zero-order valence-electron chi connectivity index (χ0n) is 11.5. The van der Waals surface area contributed by atoms with Crippen LogP contribution in [0.5, 0.6) is 0 Å². The number of rotatable bonds is 3. The zero-order valence-corrected chi connectivity index (χ0v) is 11.5. The Kier molecular flexibility index (Phi) is 3.19. The fourth-order valence-corrected chi connectivity index (χ4v) is 3.14. The maximum atomic E-state index is 11.1. The molecule has 2 aromatic rings. The molecule has 0 heterocycles. The maximum Gasteiger partial charge on any atom is 0.272 e. The van der Waals surface area contributed by atoms with Crippen molar-refractivity contribution in [1.29, 1.82) is 5.26 Å². The van der Waals surface area contributed by atoms with Gasteiger partial charge in [-0.05, 0) is 30.4 Å². The molecular weight excluding hydrogens is 264 g/mol. The second-order valence-electron chi connectivity index (χ2n) is 5.58. The van der Waals surface area contributed by atoms with E-state index in [0.717, 1.165) is 0 Å². The smallest absolute Gasteiger partial charge is 0.258 e. The minimum absolute atomic E-state index is 0.100. The van der Waals surface area contributed by atoms with Crippen molar-refractivity contribution in [3.05, 3.63) is 75.3 Å². The predicted molar refractivity (Wildman–Crippen MR) is 78.7 cm³/mol. The number of nitrogens with zero attached hydrogens (tertiary/aromatic N) is 2. The van der Waals surface area contributed by atoms with Crippen LogP contribution in [0, 0.1) is 26.9 Å². The third-order valence-electron chi connectivity index (χ3n) is 4.13. The summed E-state index contributed by atoms with van der Waals surface area (Å²) in [4.78, 5) is 10.8.